The lowest BCUT2D eigenvalue weighted by Crippen LogP contribution is -2.23. The van der Waals surface area contributed by atoms with E-state index in [-0.39, 0.29) is 5.91 Å². The predicted octanol–water partition coefficient (Wildman–Crippen LogP) is 2.43. The fourth-order valence-corrected chi connectivity index (χ4v) is 2.08. The normalized spacial score (nSPS) is 10.3. The Kier molecular flexibility index (Phi) is 4.17. The van der Waals surface area contributed by atoms with Crippen molar-refractivity contribution in [2.45, 2.75) is 13.1 Å². The van der Waals surface area contributed by atoms with Crippen molar-refractivity contribution >= 4 is 21.8 Å². The summed E-state index contributed by atoms with van der Waals surface area (Å²) in [4.78, 5) is 11.9. The van der Waals surface area contributed by atoms with Gasteiger partial charge in [-0.15, -0.1) is 0 Å². The number of halogens is 1. The number of nitrogens with one attached hydrogen (secondary N) is 1. The molecule has 0 unspecified atom stereocenters. The Bertz CT molecular complexity index is 551. The van der Waals surface area contributed by atoms with E-state index in [4.69, 9.17) is 10.2 Å². The zero-order valence-electron chi connectivity index (χ0n) is 9.65. The number of amides is 1. The van der Waals surface area contributed by atoms with Crippen molar-refractivity contribution in [1.82, 2.24) is 5.32 Å². The van der Waals surface area contributed by atoms with Gasteiger partial charge in [0.2, 0.25) is 0 Å². The molecule has 0 spiro atoms. The summed E-state index contributed by atoms with van der Waals surface area (Å²) < 4.78 is 5.46. The van der Waals surface area contributed by atoms with Gasteiger partial charge in [-0.1, -0.05) is 24.3 Å². The number of hydrogen-bond acceptors (Lipinski definition) is 3. The highest BCUT2D eigenvalue weighted by atomic mass is 79.9. The Labute approximate surface area is 113 Å². The van der Waals surface area contributed by atoms with Crippen LogP contribution in [0.4, 0.5) is 0 Å². The SMILES string of the molecule is NCc1ccccc1CNC(=O)c1ccoc1Br. The van der Waals surface area contributed by atoms with Crippen LogP contribution < -0.4 is 11.1 Å². The van der Waals surface area contributed by atoms with E-state index >= 15 is 0 Å². The molecule has 1 amide bonds. The van der Waals surface area contributed by atoms with Gasteiger partial charge in [0.1, 0.15) is 0 Å². The van der Waals surface area contributed by atoms with Crippen molar-refractivity contribution in [3.8, 4) is 0 Å². The van der Waals surface area contributed by atoms with Crippen molar-refractivity contribution in [1.29, 1.82) is 0 Å². The summed E-state index contributed by atoms with van der Waals surface area (Å²) in [5.41, 5.74) is 8.18. The Morgan fingerprint density at radius 3 is 2.61 bits per heavy atom. The molecule has 18 heavy (non-hydrogen) atoms. The van der Waals surface area contributed by atoms with Gasteiger partial charge in [0.15, 0.2) is 4.67 Å². The third kappa shape index (κ3) is 2.80. The third-order valence-electron chi connectivity index (χ3n) is 2.64. The van der Waals surface area contributed by atoms with Crippen molar-refractivity contribution in [3.05, 3.63) is 58.0 Å². The smallest absolute Gasteiger partial charge is 0.256 e. The zero-order chi connectivity index (χ0) is 13.0. The molecule has 0 atom stereocenters. The first kappa shape index (κ1) is 12.9. The molecule has 0 aliphatic rings. The minimum absolute atomic E-state index is 0.178. The highest BCUT2D eigenvalue weighted by Crippen LogP contribution is 2.17. The van der Waals surface area contributed by atoms with Crippen molar-refractivity contribution < 1.29 is 9.21 Å². The third-order valence-corrected chi connectivity index (χ3v) is 3.25. The van der Waals surface area contributed by atoms with Crippen LogP contribution in [0.2, 0.25) is 0 Å². The fourth-order valence-electron chi connectivity index (χ4n) is 1.66. The van der Waals surface area contributed by atoms with E-state index in [0.29, 0.717) is 23.3 Å². The molecule has 0 bridgehead atoms. The molecule has 0 saturated heterocycles. The summed E-state index contributed by atoms with van der Waals surface area (Å²) in [6, 6.07) is 9.38. The molecule has 0 saturated carbocycles. The number of carbonyl (C=O) groups excluding carboxylic acids is 1. The minimum Gasteiger partial charge on any atom is -0.457 e. The average molecular weight is 309 g/mol. The second-order valence-corrected chi connectivity index (χ2v) is 4.48. The van der Waals surface area contributed by atoms with Crippen LogP contribution in [0.3, 0.4) is 0 Å². The van der Waals surface area contributed by atoms with Crippen LogP contribution in [-0.2, 0) is 13.1 Å². The van der Waals surface area contributed by atoms with Gasteiger partial charge in [0, 0.05) is 13.1 Å². The number of benzene rings is 1. The molecule has 4 nitrogen and oxygen atoms in total. The molecule has 0 radical (unpaired) electrons. The first-order valence-electron chi connectivity index (χ1n) is 5.50. The Hall–Kier alpha value is -1.59. The van der Waals surface area contributed by atoms with Gasteiger partial charge in [-0.2, -0.15) is 0 Å². The van der Waals surface area contributed by atoms with Crippen LogP contribution in [0.5, 0.6) is 0 Å². The number of rotatable bonds is 4. The summed E-state index contributed by atoms with van der Waals surface area (Å²) in [6.45, 7) is 0.908. The van der Waals surface area contributed by atoms with Gasteiger partial charge in [-0.25, -0.2) is 0 Å². The molecule has 2 rings (SSSR count). The topological polar surface area (TPSA) is 68.3 Å². The van der Waals surface area contributed by atoms with E-state index in [1.54, 1.807) is 6.07 Å². The molecule has 0 aliphatic carbocycles. The van der Waals surface area contributed by atoms with E-state index in [9.17, 15) is 4.79 Å². The highest BCUT2D eigenvalue weighted by Gasteiger charge is 2.12. The fraction of sp³-hybridized carbons (Fsp3) is 0.154. The molecular weight excluding hydrogens is 296 g/mol. The van der Waals surface area contributed by atoms with E-state index < -0.39 is 0 Å². The van der Waals surface area contributed by atoms with E-state index in [1.807, 2.05) is 24.3 Å². The monoisotopic (exact) mass is 308 g/mol. The maximum atomic E-state index is 11.9. The average Bonchev–Trinajstić information content (AvgIpc) is 2.82. The van der Waals surface area contributed by atoms with Gasteiger partial charge < -0.3 is 15.5 Å². The van der Waals surface area contributed by atoms with Crippen molar-refractivity contribution in [2.24, 2.45) is 5.73 Å². The first-order valence-corrected chi connectivity index (χ1v) is 6.29. The molecule has 0 fully saturated rings. The Morgan fingerprint density at radius 1 is 1.28 bits per heavy atom. The molecule has 5 heteroatoms. The first-order chi connectivity index (χ1) is 8.72. The van der Waals surface area contributed by atoms with E-state index in [2.05, 4.69) is 21.2 Å². The van der Waals surface area contributed by atoms with Gasteiger partial charge in [0.05, 0.1) is 11.8 Å². The van der Waals surface area contributed by atoms with Crippen LogP contribution in [0.25, 0.3) is 0 Å². The lowest BCUT2D eigenvalue weighted by molar-refractivity contribution is 0.0949. The number of hydrogen-bond donors (Lipinski definition) is 2. The highest BCUT2D eigenvalue weighted by molar-refractivity contribution is 9.10. The summed E-state index contributed by atoms with van der Waals surface area (Å²) in [5, 5.41) is 2.83. The predicted molar refractivity (Wildman–Crippen MR) is 71.9 cm³/mol. The molecule has 0 aliphatic heterocycles. The molecule has 2 aromatic rings. The van der Waals surface area contributed by atoms with E-state index in [1.165, 1.54) is 6.26 Å². The summed E-state index contributed by atoms with van der Waals surface area (Å²) in [5.74, 6) is -0.178. The summed E-state index contributed by atoms with van der Waals surface area (Å²) in [6.07, 6.45) is 1.47. The number of nitrogens with two attached hydrogens (primary N) is 1. The Balaban J connectivity index is 2.04. The molecule has 1 aromatic carbocycles. The molecular formula is C13H13BrN2O2. The van der Waals surface area contributed by atoms with Gasteiger partial charge in [-0.05, 0) is 33.1 Å². The van der Waals surface area contributed by atoms with Gasteiger partial charge in [-0.3, -0.25) is 4.79 Å². The molecule has 3 N–H and O–H groups in total. The maximum absolute atomic E-state index is 11.9. The lowest BCUT2D eigenvalue weighted by Gasteiger charge is -2.08. The Morgan fingerprint density at radius 2 is 2.00 bits per heavy atom. The summed E-state index contributed by atoms with van der Waals surface area (Å²) >= 11 is 3.17. The quantitative estimate of drug-likeness (QED) is 0.911. The van der Waals surface area contributed by atoms with Crippen LogP contribution in [0.1, 0.15) is 21.5 Å². The minimum atomic E-state index is -0.178. The summed E-state index contributed by atoms with van der Waals surface area (Å²) in [7, 11) is 0. The number of carbonyl (C=O) groups is 1. The number of furan rings is 1. The standard InChI is InChI=1S/C13H13BrN2O2/c14-12-11(5-6-18-12)13(17)16-8-10-4-2-1-3-9(10)7-15/h1-6H,7-8,15H2,(H,16,17). The van der Waals surface area contributed by atoms with Crippen LogP contribution in [-0.4, -0.2) is 5.91 Å². The zero-order valence-corrected chi connectivity index (χ0v) is 11.2. The van der Waals surface area contributed by atoms with Gasteiger partial charge >= 0.3 is 0 Å². The van der Waals surface area contributed by atoms with Crippen LogP contribution in [0, 0.1) is 0 Å². The van der Waals surface area contributed by atoms with Crippen LogP contribution in [0.15, 0.2) is 45.7 Å². The second kappa shape index (κ2) is 5.84. The molecule has 1 heterocycles. The largest absolute Gasteiger partial charge is 0.457 e. The second-order valence-electron chi connectivity index (χ2n) is 3.76. The maximum Gasteiger partial charge on any atom is 0.256 e. The van der Waals surface area contributed by atoms with Crippen LogP contribution >= 0.6 is 15.9 Å². The molecule has 1 aromatic heterocycles. The van der Waals surface area contributed by atoms with E-state index in [0.717, 1.165) is 11.1 Å². The molecule has 94 valence electrons. The van der Waals surface area contributed by atoms with Crippen molar-refractivity contribution in [2.75, 3.05) is 0 Å². The van der Waals surface area contributed by atoms with Crippen molar-refractivity contribution in [3.63, 3.8) is 0 Å². The van der Waals surface area contributed by atoms with Gasteiger partial charge in [0.25, 0.3) is 5.91 Å². The lowest BCUT2D eigenvalue weighted by atomic mass is 10.1.